The summed E-state index contributed by atoms with van der Waals surface area (Å²) in [6.45, 7) is 2.38. The largest absolute Gasteiger partial charge is 0.481 e. The molecule has 0 unspecified atom stereocenters. The lowest BCUT2D eigenvalue weighted by Crippen LogP contribution is -2.36. The second-order valence-corrected chi connectivity index (χ2v) is 4.96. The summed E-state index contributed by atoms with van der Waals surface area (Å²) in [5.41, 5.74) is 0.547. The number of rotatable bonds is 5. The smallest absolute Gasteiger partial charge is 0.321 e. The zero-order valence-electron chi connectivity index (χ0n) is 10.3. The predicted molar refractivity (Wildman–Crippen MR) is 77.7 cm³/mol. The van der Waals surface area contributed by atoms with E-state index in [1.165, 1.54) is 4.90 Å². The standard InChI is InChI=1S/C12H14BrClN2O3/c1-2-16(7-6-10(17)18)12(19)15-9-5-3-4-8(14)11(9)13/h3-5H,2,6-7H2,1H3,(H,15,19)(H,17,18). The van der Waals surface area contributed by atoms with Crippen LogP contribution in [0.4, 0.5) is 10.5 Å². The van der Waals surface area contributed by atoms with Crippen molar-refractivity contribution in [2.75, 3.05) is 18.4 Å². The first-order valence-electron chi connectivity index (χ1n) is 5.67. The van der Waals surface area contributed by atoms with Crippen molar-refractivity contribution in [3.05, 3.63) is 27.7 Å². The van der Waals surface area contributed by atoms with Crippen LogP contribution in [0.1, 0.15) is 13.3 Å². The second kappa shape index (κ2) is 7.35. The molecule has 0 aliphatic carbocycles. The summed E-state index contributed by atoms with van der Waals surface area (Å²) < 4.78 is 0.597. The van der Waals surface area contributed by atoms with Crippen molar-refractivity contribution in [1.29, 1.82) is 0 Å². The number of hydrogen-bond donors (Lipinski definition) is 2. The van der Waals surface area contributed by atoms with Gasteiger partial charge in [0.2, 0.25) is 0 Å². The molecule has 0 saturated carbocycles. The summed E-state index contributed by atoms with van der Waals surface area (Å²) in [5, 5.41) is 11.8. The molecule has 1 aromatic rings. The Kier molecular flexibility index (Phi) is 6.11. The van der Waals surface area contributed by atoms with Gasteiger partial charge in [0.15, 0.2) is 0 Å². The topological polar surface area (TPSA) is 69.6 Å². The van der Waals surface area contributed by atoms with Crippen molar-refractivity contribution in [3.63, 3.8) is 0 Å². The van der Waals surface area contributed by atoms with Gasteiger partial charge in [0.05, 0.1) is 21.6 Å². The van der Waals surface area contributed by atoms with Gasteiger partial charge in [-0.05, 0) is 35.0 Å². The molecule has 104 valence electrons. The van der Waals surface area contributed by atoms with E-state index in [4.69, 9.17) is 16.7 Å². The molecule has 0 aliphatic rings. The lowest BCUT2D eigenvalue weighted by atomic mass is 10.3. The summed E-state index contributed by atoms with van der Waals surface area (Å²) in [7, 11) is 0. The van der Waals surface area contributed by atoms with Crippen LogP contribution in [-0.2, 0) is 4.79 Å². The molecule has 1 rings (SSSR count). The van der Waals surface area contributed by atoms with Crippen molar-refractivity contribution < 1.29 is 14.7 Å². The van der Waals surface area contributed by atoms with Crippen LogP contribution in [0.5, 0.6) is 0 Å². The number of halogens is 2. The Bertz CT molecular complexity index is 482. The highest BCUT2D eigenvalue weighted by molar-refractivity contribution is 9.10. The van der Waals surface area contributed by atoms with Gasteiger partial charge in [-0.15, -0.1) is 0 Å². The number of carboxylic acids is 1. The zero-order chi connectivity index (χ0) is 14.4. The number of amides is 2. The molecule has 0 atom stereocenters. The fourth-order valence-corrected chi connectivity index (χ4v) is 1.97. The second-order valence-electron chi connectivity index (χ2n) is 3.75. The van der Waals surface area contributed by atoms with E-state index in [2.05, 4.69) is 21.2 Å². The van der Waals surface area contributed by atoms with Gasteiger partial charge >= 0.3 is 12.0 Å². The Morgan fingerprint density at radius 1 is 1.47 bits per heavy atom. The molecular formula is C12H14BrClN2O3. The number of carbonyl (C=O) groups is 2. The molecule has 2 amide bonds. The molecular weight excluding hydrogens is 335 g/mol. The van der Waals surface area contributed by atoms with Gasteiger partial charge in [-0.3, -0.25) is 4.79 Å². The number of hydrogen-bond acceptors (Lipinski definition) is 2. The van der Waals surface area contributed by atoms with Crippen molar-refractivity contribution in [2.45, 2.75) is 13.3 Å². The number of nitrogens with zero attached hydrogens (tertiary/aromatic N) is 1. The quantitative estimate of drug-likeness (QED) is 0.855. The molecule has 0 aromatic heterocycles. The molecule has 0 spiro atoms. The molecule has 5 nitrogen and oxygen atoms in total. The van der Waals surface area contributed by atoms with Gasteiger partial charge < -0.3 is 15.3 Å². The number of benzene rings is 1. The van der Waals surface area contributed by atoms with E-state index in [1.54, 1.807) is 25.1 Å². The van der Waals surface area contributed by atoms with E-state index in [9.17, 15) is 9.59 Å². The third-order valence-corrected chi connectivity index (χ3v) is 3.86. The van der Waals surface area contributed by atoms with E-state index >= 15 is 0 Å². The molecule has 0 fully saturated rings. The maximum atomic E-state index is 12.0. The van der Waals surface area contributed by atoms with Crippen LogP contribution < -0.4 is 5.32 Å². The molecule has 0 radical (unpaired) electrons. The highest BCUT2D eigenvalue weighted by Gasteiger charge is 2.14. The first-order chi connectivity index (χ1) is 8.95. The Balaban J connectivity index is 2.71. The summed E-state index contributed by atoms with van der Waals surface area (Å²) in [6, 6.07) is 4.77. The van der Waals surface area contributed by atoms with Crippen molar-refractivity contribution in [3.8, 4) is 0 Å². The van der Waals surface area contributed by atoms with Crippen LogP contribution >= 0.6 is 27.5 Å². The summed E-state index contributed by atoms with van der Waals surface area (Å²) in [4.78, 5) is 23.9. The third-order valence-electron chi connectivity index (χ3n) is 2.46. The maximum absolute atomic E-state index is 12.0. The molecule has 0 saturated heterocycles. The van der Waals surface area contributed by atoms with Gasteiger partial charge in [0.1, 0.15) is 0 Å². The van der Waals surface area contributed by atoms with Crippen LogP contribution in [0, 0.1) is 0 Å². The minimum Gasteiger partial charge on any atom is -0.481 e. The summed E-state index contributed by atoms with van der Waals surface area (Å²) >= 11 is 9.21. The van der Waals surface area contributed by atoms with Crippen LogP contribution in [0.15, 0.2) is 22.7 Å². The molecule has 0 bridgehead atoms. The Labute approximate surface area is 124 Å². The van der Waals surface area contributed by atoms with Crippen molar-refractivity contribution in [1.82, 2.24) is 4.90 Å². The van der Waals surface area contributed by atoms with Crippen LogP contribution in [0.3, 0.4) is 0 Å². The maximum Gasteiger partial charge on any atom is 0.321 e. The van der Waals surface area contributed by atoms with Crippen LogP contribution in [0.25, 0.3) is 0 Å². The predicted octanol–water partition coefficient (Wildman–Crippen LogP) is 3.43. The highest BCUT2D eigenvalue weighted by Crippen LogP contribution is 2.30. The van der Waals surface area contributed by atoms with Crippen molar-refractivity contribution >= 4 is 45.2 Å². The molecule has 0 aliphatic heterocycles. The van der Waals surface area contributed by atoms with E-state index in [1.807, 2.05) is 0 Å². The molecule has 19 heavy (non-hydrogen) atoms. The number of urea groups is 1. The van der Waals surface area contributed by atoms with Gasteiger partial charge in [-0.25, -0.2) is 4.79 Å². The monoisotopic (exact) mass is 348 g/mol. The van der Waals surface area contributed by atoms with Crippen LogP contribution in [0.2, 0.25) is 5.02 Å². The van der Waals surface area contributed by atoms with E-state index in [0.29, 0.717) is 21.7 Å². The third kappa shape index (κ3) is 4.72. The average molecular weight is 350 g/mol. The average Bonchev–Trinajstić information content (AvgIpc) is 2.35. The Hall–Kier alpha value is -1.27. The Morgan fingerprint density at radius 3 is 2.74 bits per heavy atom. The first-order valence-corrected chi connectivity index (χ1v) is 6.84. The fourth-order valence-electron chi connectivity index (χ4n) is 1.43. The Morgan fingerprint density at radius 2 is 2.16 bits per heavy atom. The molecule has 2 N–H and O–H groups in total. The SMILES string of the molecule is CCN(CCC(=O)O)C(=O)Nc1cccc(Cl)c1Br. The highest BCUT2D eigenvalue weighted by atomic mass is 79.9. The summed E-state index contributed by atoms with van der Waals surface area (Å²) in [6.07, 6.45) is -0.0853. The lowest BCUT2D eigenvalue weighted by molar-refractivity contribution is -0.137. The minimum absolute atomic E-state index is 0.0853. The van der Waals surface area contributed by atoms with Crippen molar-refractivity contribution in [2.24, 2.45) is 0 Å². The van der Waals surface area contributed by atoms with Gasteiger partial charge in [0, 0.05) is 13.1 Å². The first kappa shape index (κ1) is 15.8. The normalized spacial score (nSPS) is 10.1. The number of nitrogens with one attached hydrogen (secondary N) is 1. The molecule has 0 heterocycles. The zero-order valence-corrected chi connectivity index (χ0v) is 12.7. The number of carbonyl (C=O) groups excluding carboxylic acids is 1. The van der Waals surface area contributed by atoms with E-state index < -0.39 is 5.97 Å². The lowest BCUT2D eigenvalue weighted by Gasteiger charge is -2.21. The number of carboxylic acid groups (broad SMARTS) is 1. The minimum atomic E-state index is -0.935. The van der Waals surface area contributed by atoms with Crippen LogP contribution in [-0.4, -0.2) is 35.1 Å². The fraction of sp³-hybridized carbons (Fsp3) is 0.333. The molecule has 7 heteroatoms. The molecule has 1 aromatic carbocycles. The number of aliphatic carboxylic acids is 1. The van der Waals surface area contributed by atoms with Gasteiger partial charge in [0.25, 0.3) is 0 Å². The van der Waals surface area contributed by atoms with E-state index in [-0.39, 0.29) is 19.0 Å². The van der Waals surface area contributed by atoms with E-state index in [0.717, 1.165) is 0 Å². The number of anilines is 1. The summed E-state index contributed by atoms with van der Waals surface area (Å²) in [5.74, 6) is -0.935. The van der Waals surface area contributed by atoms with Gasteiger partial charge in [-0.1, -0.05) is 17.7 Å². The van der Waals surface area contributed by atoms with Gasteiger partial charge in [-0.2, -0.15) is 0 Å².